The van der Waals surface area contributed by atoms with Crippen molar-refractivity contribution in [3.63, 3.8) is 0 Å². The van der Waals surface area contributed by atoms with Crippen molar-refractivity contribution in [3.05, 3.63) is 0 Å². The summed E-state index contributed by atoms with van der Waals surface area (Å²) in [5.74, 6) is 0.983. The highest BCUT2D eigenvalue weighted by molar-refractivity contribution is 6.64. The van der Waals surface area contributed by atoms with Gasteiger partial charge in [0.2, 0.25) is 5.24 Å². The molecule has 98 valence electrons. The molecule has 0 saturated heterocycles. The first-order valence-electron chi connectivity index (χ1n) is 6.28. The first-order valence-corrected chi connectivity index (χ1v) is 6.65. The maximum atomic E-state index is 11.5. The number of carbonyl (C=O) groups excluding carboxylic acids is 2. The van der Waals surface area contributed by atoms with Crippen LogP contribution in [0.3, 0.4) is 0 Å². The normalized spacial score (nSPS) is 29.1. The average Bonchev–Trinajstić information content (AvgIpc) is 2.15. The highest BCUT2D eigenvalue weighted by Gasteiger charge is 2.33. The van der Waals surface area contributed by atoms with E-state index in [9.17, 15) is 9.59 Å². The van der Waals surface area contributed by atoms with Crippen LogP contribution in [-0.4, -0.2) is 17.3 Å². The zero-order chi connectivity index (χ0) is 13.0. The molecule has 2 unspecified atom stereocenters. The molecule has 17 heavy (non-hydrogen) atoms. The molecule has 1 aliphatic rings. The molecule has 0 heterocycles. The summed E-state index contributed by atoms with van der Waals surface area (Å²) in [6, 6.07) is 0. The van der Waals surface area contributed by atoms with Gasteiger partial charge in [-0.15, -0.1) is 0 Å². The van der Waals surface area contributed by atoms with Crippen LogP contribution in [0.15, 0.2) is 0 Å². The fraction of sp³-hybridized carbons (Fsp3) is 0.846. The van der Waals surface area contributed by atoms with Gasteiger partial charge in [-0.2, -0.15) is 0 Å². The maximum absolute atomic E-state index is 11.5. The summed E-state index contributed by atoms with van der Waals surface area (Å²) in [5, 5.41) is -0.653. The Labute approximate surface area is 108 Å². The van der Waals surface area contributed by atoms with E-state index in [0.717, 1.165) is 12.8 Å². The summed E-state index contributed by atoms with van der Waals surface area (Å²) >= 11 is 5.18. The standard InChI is InChI=1S/C13H21ClO3/c1-8(2)10-5-4-9(3)6-11(10)17-13(16)7-12(14)15/h8-11H,4-7H2,1-3H3/t9-,10?,11?/m1/s1. The third-order valence-electron chi connectivity index (χ3n) is 3.53. The van der Waals surface area contributed by atoms with E-state index in [-0.39, 0.29) is 12.5 Å². The van der Waals surface area contributed by atoms with Gasteiger partial charge >= 0.3 is 5.97 Å². The van der Waals surface area contributed by atoms with Gasteiger partial charge in [-0.05, 0) is 42.2 Å². The average molecular weight is 261 g/mol. The van der Waals surface area contributed by atoms with Gasteiger partial charge < -0.3 is 4.74 Å². The van der Waals surface area contributed by atoms with Crippen LogP contribution in [-0.2, 0) is 14.3 Å². The molecule has 0 N–H and O–H groups in total. The molecule has 0 aliphatic heterocycles. The Morgan fingerprint density at radius 2 is 2.00 bits per heavy atom. The molecule has 3 atom stereocenters. The van der Waals surface area contributed by atoms with Crippen molar-refractivity contribution in [2.45, 2.75) is 52.6 Å². The Balaban J connectivity index is 2.57. The Hall–Kier alpha value is -0.570. The number of esters is 1. The molecule has 4 heteroatoms. The van der Waals surface area contributed by atoms with E-state index < -0.39 is 11.2 Å². The minimum Gasteiger partial charge on any atom is -0.462 e. The van der Waals surface area contributed by atoms with Gasteiger partial charge in [0, 0.05) is 0 Å². The molecule has 0 aromatic rings. The molecule has 1 fully saturated rings. The molecule has 1 rings (SSSR count). The van der Waals surface area contributed by atoms with Crippen molar-refractivity contribution in [2.24, 2.45) is 17.8 Å². The summed E-state index contributed by atoms with van der Waals surface area (Å²) in [6.45, 7) is 6.46. The smallest absolute Gasteiger partial charge is 0.314 e. The Morgan fingerprint density at radius 1 is 1.35 bits per heavy atom. The molecule has 3 nitrogen and oxygen atoms in total. The zero-order valence-electron chi connectivity index (χ0n) is 10.7. The molecule has 0 radical (unpaired) electrons. The SMILES string of the molecule is CC(C)C1CC[C@@H](C)CC1OC(=O)CC(=O)Cl. The fourth-order valence-electron chi connectivity index (χ4n) is 2.57. The molecule has 0 bridgehead atoms. The fourth-order valence-corrected chi connectivity index (χ4v) is 2.68. The largest absolute Gasteiger partial charge is 0.462 e. The molecule has 0 aromatic heterocycles. The monoisotopic (exact) mass is 260 g/mol. The topological polar surface area (TPSA) is 43.4 Å². The highest BCUT2D eigenvalue weighted by Crippen LogP contribution is 2.35. The van der Waals surface area contributed by atoms with Gasteiger partial charge in [-0.25, -0.2) is 0 Å². The minimum absolute atomic E-state index is 0.0535. The second-order valence-electron chi connectivity index (χ2n) is 5.39. The lowest BCUT2D eigenvalue weighted by atomic mass is 9.75. The first kappa shape index (κ1) is 14.5. The predicted molar refractivity (Wildman–Crippen MR) is 66.7 cm³/mol. The second kappa shape index (κ2) is 6.39. The molecule has 0 aromatic carbocycles. The number of hydrogen-bond acceptors (Lipinski definition) is 3. The van der Waals surface area contributed by atoms with Crippen molar-refractivity contribution < 1.29 is 14.3 Å². The van der Waals surface area contributed by atoms with E-state index in [4.69, 9.17) is 16.3 Å². The molecular weight excluding hydrogens is 240 g/mol. The van der Waals surface area contributed by atoms with Gasteiger partial charge in [0.1, 0.15) is 12.5 Å². The van der Waals surface area contributed by atoms with E-state index in [2.05, 4.69) is 20.8 Å². The summed E-state index contributed by atoms with van der Waals surface area (Å²) < 4.78 is 5.40. The minimum atomic E-state index is -0.653. The van der Waals surface area contributed by atoms with Gasteiger partial charge in [-0.1, -0.05) is 27.2 Å². The summed E-state index contributed by atoms with van der Waals surface area (Å²) in [5.41, 5.74) is 0. The van der Waals surface area contributed by atoms with Crippen LogP contribution in [0.1, 0.15) is 46.5 Å². The lowest BCUT2D eigenvalue weighted by molar-refractivity contribution is -0.156. The van der Waals surface area contributed by atoms with Crippen LogP contribution in [0.25, 0.3) is 0 Å². The van der Waals surface area contributed by atoms with E-state index in [1.165, 1.54) is 6.42 Å². The van der Waals surface area contributed by atoms with Crippen LogP contribution in [0, 0.1) is 17.8 Å². The Kier molecular flexibility index (Phi) is 5.44. The zero-order valence-corrected chi connectivity index (χ0v) is 11.5. The summed E-state index contributed by atoms with van der Waals surface area (Å²) in [6.07, 6.45) is 2.79. The van der Waals surface area contributed by atoms with Crippen molar-refractivity contribution in [3.8, 4) is 0 Å². The van der Waals surface area contributed by atoms with Crippen molar-refractivity contribution in [2.75, 3.05) is 0 Å². The van der Waals surface area contributed by atoms with Gasteiger partial charge in [0.15, 0.2) is 0 Å². The number of ether oxygens (including phenoxy) is 1. The second-order valence-corrected chi connectivity index (χ2v) is 5.81. The van der Waals surface area contributed by atoms with Crippen LogP contribution in [0.4, 0.5) is 0 Å². The highest BCUT2D eigenvalue weighted by atomic mass is 35.5. The third kappa shape index (κ3) is 4.66. The number of halogens is 1. The van der Waals surface area contributed by atoms with E-state index in [1.807, 2.05) is 0 Å². The quantitative estimate of drug-likeness (QED) is 0.443. The first-order chi connectivity index (χ1) is 7.90. The summed E-state index contributed by atoms with van der Waals surface area (Å²) in [4.78, 5) is 22.1. The Morgan fingerprint density at radius 3 is 2.53 bits per heavy atom. The van der Waals surface area contributed by atoms with Crippen LogP contribution < -0.4 is 0 Å². The molecule has 1 aliphatic carbocycles. The molecular formula is C13H21ClO3. The lowest BCUT2D eigenvalue weighted by Crippen LogP contribution is -2.36. The van der Waals surface area contributed by atoms with E-state index >= 15 is 0 Å². The molecule has 0 amide bonds. The van der Waals surface area contributed by atoms with Crippen LogP contribution >= 0.6 is 11.6 Å². The van der Waals surface area contributed by atoms with Gasteiger partial charge in [-0.3, -0.25) is 9.59 Å². The van der Waals surface area contributed by atoms with Crippen LogP contribution in [0.5, 0.6) is 0 Å². The number of hydrogen-bond donors (Lipinski definition) is 0. The number of rotatable bonds is 4. The van der Waals surface area contributed by atoms with E-state index in [0.29, 0.717) is 17.8 Å². The van der Waals surface area contributed by atoms with E-state index in [1.54, 1.807) is 0 Å². The lowest BCUT2D eigenvalue weighted by Gasteiger charge is -2.36. The van der Waals surface area contributed by atoms with Crippen molar-refractivity contribution in [1.82, 2.24) is 0 Å². The summed E-state index contributed by atoms with van der Waals surface area (Å²) in [7, 11) is 0. The van der Waals surface area contributed by atoms with Crippen molar-refractivity contribution in [1.29, 1.82) is 0 Å². The number of carbonyl (C=O) groups is 2. The third-order valence-corrected chi connectivity index (χ3v) is 3.66. The molecule has 0 spiro atoms. The maximum Gasteiger partial charge on any atom is 0.314 e. The van der Waals surface area contributed by atoms with Gasteiger partial charge in [0.25, 0.3) is 0 Å². The Bertz CT molecular complexity index is 288. The van der Waals surface area contributed by atoms with Gasteiger partial charge in [0.05, 0.1) is 0 Å². The molecule has 1 saturated carbocycles. The van der Waals surface area contributed by atoms with Crippen molar-refractivity contribution >= 4 is 22.8 Å². The predicted octanol–water partition coefficient (Wildman–Crippen LogP) is 3.15. The van der Waals surface area contributed by atoms with Crippen LogP contribution in [0.2, 0.25) is 0 Å².